The standard InChI is InChI=1S/C31H29F3N6O7S/c1-21-9-11-22(12-10-21)27-18-28(31(32,33)34)35-40(27)24-13-15-26(16-14-24)48(43,44)36-30(42)45-19-25-8-5-17-39(25)37-38-47-20-46-29(41)23-6-3-2-4-7-23/h2-4,6-7,9-16,18,25H,5,8,17,19-20H2,1H3,(H,36,42)/b38-37-/t25-/m0/s1. The maximum Gasteiger partial charge on any atom is 0.435 e. The van der Waals surface area contributed by atoms with E-state index in [9.17, 15) is 31.2 Å². The van der Waals surface area contributed by atoms with Gasteiger partial charge in [-0.05, 0) is 67.5 Å². The lowest BCUT2D eigenvalue weighted by Crippen LogP contribution is -2.35. The van der Waals surface area contributed by atoms with Gasteiger partial charge in [0.2, 0.25) is 0 Å². The van der Waals surface area contributed by atoms with Crippen molar-refractivity contribution in [3.8, 4) is 16.9 Å². The zero-order chi connectivity index (χ0) is 34.3. The Morgan fingerprint density at radius 1 is 1.00 bits per heavy atom. The molecule has 0 aliphatic carbocycles. The number of hydrogen-bond donors (Lipinski definition) is 1. The number of carbonyl (C=O) groups excluding carboxylic acids is 2. The molecule has 1 aliphatic heterocycles. The van der Waals surface area contributed by atoms with Crippen LogP contribution >= 0.6 is 0 Å². The third-order valence-electron chi connectivity index (χ3n) is 7.17. The minimum absolute atomic E-state index is 0.151. The number of sulfonamides is 1. The second-order valence-electron chi connectivity index (χ2n) is 10.6. The topological polar surface area (TPSA) is 154 Å². The number of carbonyl (C=O) groups is 2. The van der Waals surface area contributed by atoms with Crippen LogP contribution in [0, 0.1) is 6.92 Å². The number of alkyl halides is 3. The first-order valence-electron chi connectivity index (χ1n) is 14.5. The van der Waals surface area contributed by atoms with E-state index in [0.29, 0.717) is 30.5 Å². The third kappa shape index (κ3) is 8.47. The first kappa shape index (κ1) is 33.9. The zero-order valence-corrected chi connectivity index (χ0v) is 26.1. The van der Waals surface area contributed by atoms with Crippen LogP contribution in [0.3, 0.4) is 0 Å². The van der Waals surface area contributed by atoms with Crippen molar-refractivity contribution in [3.05, 3.63) is 102 Å². The van der Waals surface area contributed by atoms with Gasteiger partial charge < -0.3 is 14.3 Å². The predicted molar refractivity (Wildman–Crippen MR) is 163 cm³/mol. The van der Waals surface area contributed by atoms with E-state index in [1.807, 2.05) is 11.6 Å². The molecule has 1 amide bonds. The van der Waals surface area contributed by atoms with E-state index < -0.39 is 46.8 Å². The van der Waals surface area contributed by atoms with Gasteiger partial charge in [-0.15, -0.1) is 0 Å². The largest absolute Gasteiger partial charge is 0.447 e. The van der Waals surface area contributed by atoms with E-state index in [1.165, 1.54) is 17.1 Å². The molecule has 1 N–H and O–H groups in total. The molecule has 1 fully saturated rings. The summed E-state index contributed by atoms with van der Waals surface area (Å²) < 4.78 is 79.2. The second kappa shape index (κ2) is 14.5. The molecule has 13 nitrogen and oxygen atoms in total. The number of amides is 1. The highest BCUT2D eigenvalue weighted by Crippen LogP contribution is 2.33. The molecule has 0 bridgehead atoms. The molecule has 0 spiro atoms. The van der Waals surface area contributed by atoms with Crippen molar-refractivity contribution < 1.29 is 45.5 Å². The number of nitrogens with zero attached hydrogens (tertiary/aromatic N) is 5. The van der Waals surface area contributed by atoms with Crippen LogP contribution in [0.1, 0.15) is 34.5 Å². The highest BCUT2D eigenvalue weighted by molar-refractivity contribution is 7.90. The summed E-state index contributed by atoms with van der Waals surface area (Å²) in [5.74, 6) is -0.597. The quantitative estimate of drug-likeness (QED) is 0.0672. The Balaban J connectivity index is 1.15. The minimum atomic E-state index is -4.70. The molecule has 1 aromatic heterocycles. The van der Waals surface area contributed by atoms with Gasteiger partial charge >= 0.3 is 18.2 Å². The second-order valence-corrected chi connectivity index (χ2v) is 12.2. The van der Waals surface area contributed by atoms with E-state index in [1.54, 1.807) is 54.6 Å². The van der Waals surface area contributed by atoms with Gasteiger partial charge in [0.05, 0.1) is 27.9 Å². The predicted octanol–water partition coefficient (Wildman–Crippen LogP) is 5.86. The van der Waals surface area contributed by atoms with E-state index in [2.05, 4.69) is 15.6 Å². The Hall–Kier alpha value is -5.45. The molecule has 0 radical (unpaired) electrons. The molecule has 17 heteroatoms. The summed E-state index contributed by atoms with van der Waals surface area (Å²) in [6.07, 6.45) is -4.69. The first-order chi connectivity index (χ1) is 22.9. The fraction of sp³-hybridized carbons (Fsp3) is 0.258. The van der Waals surface area contributed by atoms with Crippen molar-refractivity contribution in [1.29, 1.82) is 0 Å². The average molecular weight is 687 g/mol. The number of aromatic nitrogens is 2. The lowest BCUT2D eigenvalue weighted by molar-refractivity contribution is -0.141. The molecule has 0 unspecified atom stereocenters. The van der Waals surface area contributed by atoms with Crippen molar-refractivity contribution in [2.45, 2.75) is 36.9 Å². The molecule has 1 atom stereocenters. The SMILES string of the molecule is Cc1ccc(-c2cc(C(F)(F)F)nn2-c2ccc(S(=O)(=O)NC(=O)OC[C@@H]3CCCN3/N=N\OCOC(=O)c3ccccc3)cc2)cc1. The van der Waals surface area contributed by atoms with Crippen LogP contribution in [0.4, 0.5) is 18.0 Å². The number of halogens is 3. The monoisotopic (exact) mass is 686 g/mol. The number of hydrogen-bond acceptors (Lipinski definition) is 10. The van der Waals surface area contributed by atoms with Crippen molar-refractivity contribution in [1.82, 2.24) is 19.5 Å². The summed E-state index contributed by atoms with van der Waals surface area (Å²) in [5, 5.41) is 12.6. The maximum atomic E-state index is 13.5. The maximum absolute atomic E-state index is 13.5. The fourth-order valence-corrected chi connectivity index (χ4v) is 5.61. The minimum Gasteiger partial charge on any atom is -0.447 e. The van der Waals surface area contributed by atoms with Crippen molar-refractivity contribution >= 4 is 22.1 Å². The van der Waals surface area contributed by atoms with Crippen molar-refractivity contribution in [2.75, 3.05) is 19.9 Å². The smallest absolute Gasteiger partial charge is 0.435 e. The number of aryl methyl sites for hydroxylation is 1. The number of rotatable bonds is 11. The van der Waals surface area contributed by atoms with E-state index in [-0.39, 0.29) is 22.9 Å². The molecule has 1 aliphatic rings. The fourth-order valence-electron chi connectivity index (χ4n) is 4.72. The van der Waals surface area contributed by atoms with Gasteiger partial charge in [0.1, 0.15) is 6.61 Å². The molecular formula is C31H29F3N6O7S. The summed E-state index contributed by atoms with van der Waals surface area (Å²) in [4.78, 5) is 28.9. The first-order valence-corrected chi connectivity index (χ1v) is 15.9. The summed E-state index contributed by atoms with van der Waals surface area (Å²) in [6, 6.07) is 20.4. The van der Waals surface area contributed by atoms with Gasteiger partial charge in [-0.25, -0.2) is 27.4 Å². The molecule has 5 rings (SSSR count). The van der Waals surface area contributed by atoms with Crippen LogP contribution in [0.2, 0.25) is 0 Å². The van der Waals surface area contributed by atoms with Crippen LogP contribution in [-0.2, 0) is 30.5 Å². The molecule has 4 aromatic rings. The molecule has 3 aromatic carbocycles. The van der Waals surface area contributed by atoms with Gasteiger partial charge in [-0.2, -0.15) is 18.3 Å². The van der Waals surface area contributed by atoms with Crippen molar-refractivity contribution in [3.63, 3.8) is 0 Å². The van der Waals surface area contributed by atoms with Crippen LogP contribution in [0.5, 0.6) is 0 Å². The summed E-state index contributed by atoms with van der Waals surface area (Å²) in [6.45, 7) is 1.61. The van der Waals surface area contributed by atoms with Crippen LogP contribution in [0.25, 0.3) is 16.9 Å². The molecule has 0 saturated carbocycles. The van der Waals surface area contributed by atoms with Crippen molar-refractivity contribution in [2.24, 2.45) is 10.5 Å². The molecular weight excluding hydrogens is 657 g/mol. The molecule has 252 valence electrons. The Morgan fingerprint density at radius 3 is 2.40 bits per heavy atom. The highest BCUT2D eigenvalue weighted by atomic mass is 32.2. The number of nitrogens with one attached hydrogen (secondary N) is 1. The Bertz CT molecular complexity index is 1870. The lowest BCUT2D eigenvalue weighted by Gasteiger charge is -2.19. The Morgan fingerprint density at radius 2 is 1.71 bits per heavy atom. The summed E-state index contributed by atoms with van der Waals surface area (Å²) in [5.41, 5.74) is 0.937. The molecule has 1 saturated heterocycles. The average Bonchev–Trinajstić information content (AvgIpc) is 3.72. The number of esters is 1. The highest BCUT2D eigenvalue weighted by Gasteiger charge is 2.35. The van der Waals surface area contributed by atoms with Gasteiger partial charge in [0.25, 0.3) is 16.8 Å². The molecule has 2 heterocycles. The van der Waals surface area contributed by atoms with Gasteiger partial charge in [0.15, 0.2) is 5.69 Å². The Labute approximate surface area is 272 Å². The summed E-state index contributed by atoms with van der Waals surface area (Å²) in [7, 11) is -4.40. The van der Waals surface area contributed by atoms with Crippen LogP contribution in [-0.4, -0.2) is 61.3 Å². The van der Waals surface area contributed by atoms with Gasteiger partial charge in [-0.3, -0.25) is 5.01 Å². The van der Waals surface area contributed by atoms with Gasteiger partial charge in [-0.1, -0.05) is 48.0 Å². The zero-order valence-electron chi connectivity index (χ0n) is 25.3. The van der Waals surface area contributed by atoms with E-state index in [0.717, 1.165) is 28.4 Å². The van der Waals surface area contributed by atoms with Gasteiger partial charge in [0, 0.05) is 17.4 Å². The third-order valence-corrected chi connectivity index (χ3v) is 8.50. The lowest BCUT2D eigenvalue weighted by atomic mass is 10.1. The van der Waals surface area contributed by atoms with Crippen LogP contribution in [0.15, 0.2) is 100 Å². The van der Waals surface area contributed by atoms with Crippen LogP contribution < -0.4 is 4.72 Å². The summed E-state index contributed by atoms with van der Waals surface area (Å²) >= 11 is 0. The van der Waals surface area contributed by atoms with E-state index >= 15 is 0 Å². The normalized spacial score (nSPS) is 15.0. The Kier molecular flexibility index (Phi) is 10.3. The molecule has 48 heavy (non-hydrogen) atoms. The number of benzene rings is 3. The number of ether oxygens (including phenoxy) is 2. The van der Waals surface area contributed by atoms with E-state index in [4.69, 9.17) is 14.3 Å².